The summed E-state index contributed by atoms with van der Waals surface area (Å²) in [4.78, 5) is 12.7. The minimum Gasteiger partial charge on any atom is -0.478 e. The second-order valence-electron chi connectivity index (χ2n) is 3.79. The smallest absolute Gasteiger partial charge is 0.328 e. The normalized spacial score (nSPS) is 11.1. The SMILES string of the molecule is CCN(CC)c1c(/C=C/C(=O)O)c(C)nn1C. The number of aromatic nitrogens is 2. The number of nitrogens with zero attached hydrogens (tertiary/aromatic N) is 3. The molecule has 1 aromatic heterocycles. The first-order valence-corrected chi connectivity index (χ1v) is 5.70. The molecular weight excluding hydrogens is 218 g/mol. The molecule has 0 aliphatic carbocycles. The average molecular weight is 237 g/mol. The maximum atomic E-state index is 10.6. The molecule has 0 bridgehead atoms. The molecule has 1 rings (SSSR count). The highest BCUT2D eigenvalue weighted by Gasteiger charge is 2.15. The molecule has 94 valence electrons. The van der Waals surface area contributed by atoms with Crippen LogP contribution in [0.3, 0.4) is 0 Å². The van der Waals surface area contributed by atoms with Gasteiger partial charge in [0.25, 0.3) is 0 Å². The van der Waals surface area contributed by atoms with E-state index in [0.29, 0.717) is 0 Å². The van der Waals surface area contributed by atoms with Crippen molar-refractivity contribution in [3.63, 3.8) is 0 Å². The van der Waals surface area contributed by atoms with Crippen molar-refractivity contribution in [3.8, 4) is 0 Å². The van der Waals surface area contributed by atoms with Crippen molar-refractivity contribution < 1.29 is 9.90 Å². The van der Waals surface area contributed by atoms with Gasteiger partial charge in [-0.05, 0) is 26.8 Å². The summed E-state index contributed by atoms with van der Waals surface area (Å²) in [5, 5.41) is 13.0. The molecule has 5 heteroatoms. The van der Waals surface area contributed by atoms with Crippen LogP contribution in [0.25, 0.3) is 6.08 Å². The largest absolute Gasteiger partial charge is 0.478 e. The fourth-order valence-electron chi connectivity index (χ4n) is 1.91. The lowest BCUT2D eigenvalue weighted by molar-refractivity contribution is -0.131. The predicted octanol–water partition coefficient (Wildman–Crippen LogP) is 1.67. The van der Waals surface area contributed by atoms with Crippen molar-refractivity contribution in [1.29, 1.82) is 0 Å². The number of carboxylic acids is 1. The average Bonchev–Trinajstić information content (AvgIpc) is 2.53. The van der Waals surface area contributed by atoms with E-state index in [1.807, 2.05) is 14.0 Å². The molecule has 17 heavy (non-hydrogen) atoms. The van der Waals surface area contributed by atoms with Crippen LogP contribution in [-0.4, -0.2) is 33.9 Å². The second-order valence-corrected chi connectivity index (χ2v) is 3.79. The van der Waals surface area contributed by atoms with Crippen LogP contribution in [0.2, 0.25) is 0 Å². The molecule has 0 fully saturated rings. The number of rotatable bonds is 5. The third-order valence-corrected chi connectivity index (χ3v) is 2.69. The molecule has 0 spiro atoms. The van der Waals surface area contributed by atoms with Gasteiger partial charge in [0.15, 0.2) is 0 Å². The van der Waals surface area contributed by atoms with Gasteiger partial charge in [0.2, 0.25) is 0 Å². The summed E-state index contributed by atoms with van der Waals surface area (Å²) < 4.78 is 1.80. The van der Waals surface area contributed by atoms with Gasteiger partial charge in [0.1, 0.15) is 5.82 Å². The van der Waals surface area contributed by atoms with Crippen molar-refractivity contribution in [2.24, 2.45) is 7.05 Å². The Morgan fingerprint density at radius 1 is 1.47 bits per heavy atom. The minimum atomic E-state index is -0.946. The van der Waals surface area contributed by atoms with Gasteiger partial charge in [-0.3, -0.25) is 4.68 Å². The molecule has 1 N–H and O–H groups in total. The highest BCUT2D eigenvalue weighted by atomic mass is 16.4. The number of carboxylic acid groups (broad SMARTS) is 1. The lowest BCUT2D eigenvalue weighted by Crippen LogP contribution is -2.25. The maximum absolute atomic E-state index is 10.6. The third-order valence-electron chi connectivity index (χ3n) is 2.69. The highest BCUT2D eigenvalue weighted by Crippen LogP contribution is 2.24. The Hall–Kier alpha value is -1.78. The van der Waals surface area contributed by atoms with E-state index in [4.69, 9.17) is 5.11 Å². The van der Waals surface area contributed by atoms with Gasteiger partial charge in [0.05, 0.1) is 5.69 Å². The summed E-state index contributed by atoms with van der Waals surface area (Å²) >= 11 is 0. The van der Waals surface area contributed by atoms with Crippen LogP contribution >= 0.6 is 0 Å². The first-order valence-electron chi connectivity index (χ1n) is 5.70. The van der Waals surface area contributed by atoms with Crippen LogP contribution in [0.4, 0.5) is 5.82 Å². The number of hydrogen-bond donors (Lipinski definition) is 1. The highest BCUT2D eigenvalue weighted by molar-refractivity contribution is 5.87. The number of hydrogen-bond acceptors (Lipinski definition) is 3. The number of aliphatic carboxylic acids is 1. The van der Waals surface area contributed by atoms with E-state index in [0.717, 1.165) is 36.2 Å². The molecule has 0 saturated carbocycles. The summed E-state index contributed by atoms with van der Waals surface area (Å²) in [6.07, 6.45) is 2.76. The topological polar surface area (TPSA) is 58.4 Å². The first-order chi connectivity index (χ1) is 8.01. The maximum Gasteiger partial charge on any atom is 0.328 e. The Morgan fingerprint density at radius 2 is 2.06 bits per heavy atom. The summed E-state index contributed by atoms with van der Waals surface area (Å²) in [7, 11) is 1.87. The Morgan fingerprint density at radius 3 is 2.53 bits per heavy atom. The standard InChI is InChI=1S/C12H19N3O2/c1-5-15(6-2)12-10(7-8-11(16)17)9(3)13-14(12)4/h7-8H,5-6H2,1-4H3,(H,16,17)/b8-7+. The van der Waals surface area contributed by atoms with Crippen LogP contribution in [0.15, 0.2) is 6.08 Å². The van der Waals surface area contributed by atoms with Crippen LogP contribution in [-0.2, 0) is 11.8 Å². The lowest BCUT2D eigenvalue weighted by atomic mass is 10.2. The zero-order valence-electron chi connectivity index (χ0n) is 10.8. The van der Waals surface area contributed by atoms with E-state index in [1.54, 1.807) is 10.8 Å². The van der Waals surface area contributed by atoms with Gasteiger partial charge >= 0.3 is 5.97 Å². The summed E-state index contributed by atoms with van der Waals surface area (Å²) in [6.45, 7) is 7.74. The van der Waals surface area contributed by atoms with Crippen LogP contribution in [0.1, 0.15) is 25.1 Å². The van der Waals surface area contributed by atoms with Crippen molar-refractivity contribution in [2.75, 3.05) is 18.0 Å². The molecule has 0 unspecified atom stereocenters. The summed E-state index contributed by atoms with van der Waals surface area (Å²) in [6, 6.07) is 0. The van der Waals surface area contributed by atoms with E-state index < -0.39 is 5.97 Å². The van der Waals surface area contributed by atoms with Crippen LogP contribution in [0, 0.1) is 6.92 Å². The van der Waals surface area contributed by atoms with Crippen molar-refractivity contribution in [1.82, 2.24) is 9.78 Å². The quantitative estimate of drug-likeness (QED) is 0.791. The molecule has 5 nitrogen and oxygen atoms in total. The molecule has 0 aliphatic rings. The molecule has 0 radical (unpaired) electrons. The van der Waals surface area contributed by atoms with E-state index in [9.17, 15) is 4.79 Å². The Labute approximate surface area is 101 Å². The van der Waals surface area contributed by atoms with Crippen molar-refractivity contribution in [3.05, 3.63) is 17.3 Å². The molecule has 1 aromatic rings. The van der Waals surface area contributed by atoms with Crippen molar-refractivity contribution in [2.45, 2.75) is 20.8 Å². The molecular formula is C12H19N3O2. The van der Waals surface area contributed by atoms with Gasteiger partial charge in [0, 0.05) is 31.8 Å². The summed E-state index contributed by atoms with van der Waals surface area (Å²) in [5.74, 6) is 0.0174. The zero-order chi connectivity index (χ0) is 13.0. The van der Waals surface area contributed by atoms with Gasteiger partial charge < -0.3 is 10.0 Å². The fraction of sp³-hybridized carbons (Fsp3) is 0.500. The number of carbonyl (C=O) groups is 1. The number of aryl methyl sites for hydroxylation is 2. The van der Waals surface area contributed by atoms with E-state index in [2.05, 4.69) is 23.8 Å². The van der Waals surface area contributed by atoms with E-state index >= 15 is 0 Å². The predicted molar refractivity (Wildman–Crippen MR) is 68.2 cm³/mol. The van der Waals surface area contributed by atoms with Crippen LogP contribution < -0.4 is 4.90 Å². The van der Waals surface area contributed by atoms with Gasteiger partial charge in [-0.25, -0.2) is 4.79 Å². The van der Waals surface area contributed by atoms with Gasteiger partial charge in [-0.15, -0.1) is 0 Å². The fourth-order valence-corrected chi connectivity index (χ4v) is 1.91. The van der Waals surface area contributed by atoms with Crippen LogP contribution in [0.5, 0.6) is 0 Å². The first kappa shape index (κ1) is 13.3. The minimum absolute atomic E-state index is 0.840. The monoisotopic (exact) mass is 237 g/mol. The van der Waals surface area contributed by atoms with Gasteiger partial charge in [-0.2, -0.15) is 5.10 Å². The van der Waals surface area contributed by atoms with Gasteiger partial charge in [-0.1, -0.05) is 0 Å². The summed E-state index contributed by atoms with van der Waals surface area (Å²) in [5.41, 5.74) is 1.71. The Balaban J connectivity index is 3.23. The van der Waals surface area contributed by atoms with E-state index in [1.165, 1.54) is 0 Å². The second kappa shape index (κ2) is 5.52. The molecule has 0 aromatic carbocycles. The number of anilines is 1. The molecule has 0 aliphatic heterocycles. The third kappa shape index (κ3) is 2.87. The van der Waals surface area contributed by atoms with E-state index in [-0.39, 0.29) is 0 Å². The lowest BCUT2D eigenvalue weighted by Gasteiger charge is -2.21. The van der Waals surface area contributed by atoms with Crippen molar-refractivity contribution >= 4 is 17.9 Å². The molecule has 0 atom stereocenters. The molecule has 0 amide bonds. The molecule has 1 heterocycles. The molecule has 0 saturated heterocycles. The zero-order valence-corrected chi connectivity index (χ0v) is 10.8. The Bertz CT molecular complexity index is 431. The Kier molecular flexibility index (Phi) is 4.31.